The molecule has 6 heteroatoms. The molecule has 0 radical (unpaired) electrons. The van der Waals surface area contributed by atoms with Crippen molar-refractivity contribution in [2.24, 2.45) is 11.7 Å². The first-order chi connectivity index (χ1) is 8.57. The van der Waals surface area contributed by atoms with Crippen LogP contribution >= 0.6 is 24.8 Å². The number of nitrogens with two attached hydrogens (primary N) is 1. The van der Waals surface area contributed by atoms with Crippen LogP contribution in [0.2, 0.25) is 0 Å². The molecule has 1 aromatic heterocycles. The molecule has 1 heterocycles. The summed E-state index contributed by atoms with van der Waals surface area (Å²) in [5, 5.41) is 3.11. The number of carbonyl (C=O) groups is 1. The highest BCUT2D eigenvalue weighted by molar-refractivity contribution is 5.85. The Hall–Kier alpha value is -0.840. The molecule has 1 aliphatic rings. The average molecular weight is 320 g/mol. The van der Waals surface area contributed by atoms with Crippen molar-refractivity contribution in [3.8, 4) is 0 Å². The van der Waals surface area contributed by atoms with E-state index in [-0.39, 0.29) is 42.2 Å². The molecule has 20 heavy (non-hydrogen) atoms. The zero-order valence-corrected chi connectivity index (χ0v) is 13.5. The van der Waals surface area contributed by atoms with E-state index in [9.17, 15) is 4.79 Å². The molecule has 4 nitrogen and oxygen atoms in total. The van der Waals surface area contributed by atoms with Crippen LogP contribution in [0.15, 0.2) is 24.5 Å². The summed E-state index contributed by atoms with van der Waals surface area (Å²) < 4.78 is 0. The Balaban J connectivity index is 0.00000180. The molecule has 1 fully saturated rings. The second kappa shape index (κ2) is 7.81. The van der Waals surface area contributed by atoms with Crippen molar-refractivity contribution in [3.63, 3.8) is 0 Å². The normalized spacial score (nSPS) is 17.9. The summed E-state index contributed by atoms with van der Waals surface area (Å²) in [6.45, 7) is 4.43. The summed E-state index contributed by atoms with van der Waals surface area (Å²) >= 11 is 0. The molecule has 0 bridgehead atoms. The molecule has 1 amide bonds. The summed E-state index contributed by atoms with van der Waals surface area (Å²) in [5.41, 5.74) is 6.49. The molecule has 0 spiro atoms. The minimum atomic E-state index is -0.256. The van der Waals surface area contributed by atoms with E-state index >= 15 is 0 Å². The quantitative estimate of drug-likeness (QED) is 0.874. The van der Waals surface area contributed by atoms with Gasteiger partial charge in [-0.25, -0.2) is 0 Å². The Morgan fingerprint density at radius 2 is 2.20 bits per heavy atom. The highest BCUT2D eigenvalue weighted by atomic mass is 35.5. The van der Waals surface area contributed by atoms with Gasteiger partial charge in [0.1, 0.15) is 0 Å². The molecule has 2 rings (SSSR count). The smallest absolute Gasteiger partial charge is 0.227 e. The number of pyridine rings is 1. The van der Waals surface area contributed by atoms with E-state index in [0.29, 0.717) is 12.5 Å². The van der Waals surface area contributed by atoms with Gasteiger partial charge in [0.05, 0.1) is 11.5 Å². The number of nitrogens with zero attached hydrogens (tertiary/aromatic N) is 1. The lowest BCUT2D eigenvalue weighted by Crippen LogP contribution is -2.54. The molecular weight excluding hydrogens is 297 g/mol. The minimum Gasteiger partial charge on any atom is -0.349 e. The maximum atomic E-state index is 12.3. The van der Waals surface area contributed by atoms with Gasteiger partial charge in [-0.15, -0.1) is 24.8 Å². The van der Waals surface area contributed by atoms with Crippen LogP contribution in [0, 0.1) is 5.92 Å². The Morgan fingerprint density at radius 3 is 2.65 bits per heavy atom. The van der Waals surface area contributed by atoms with Gasteiger partial charge in [-0.3, -0.25) is 9.78 Å². The average Bonchev–Trinajstić information content (AvgIpc) is 3.23. The topological polar surface area (TPSA) is 68.0 Å². The van der Waals surface area contributed by atoms with Crippen LogP contribution in [0.4, 0.5) is 0 Å². The van der Waals surface area contributed by atoms with Crippen molar-refractivity contribution < 1.29 is 4.79 Å². The van der Waals surface area contributed by atoms with Crippen molar-refractivity contribution in [1.82, 2.24) is 10.3 Å². The van der Waals surface area contributed by atoms with Gasteiger partial charge in [0.25, 0.3) is 0 Å². The van der Waals surface area contributed by atoms with Crippen molar-refractivity contribution in [2.75, 3.05) is 6.54 Å². The largest absolute Gasteiger partial charge is 0.349 e. The van der Waals surface area contributed by atoms with Crippen LogP contribution in [0.5, 0.6) is 0 Å². The number of nitrogens with one attached hydrogen (secondary N) is 1. The predicted octanol–water partition coefficient (Wildman–Crippen LogP) is 2.27. The van der Waals surface area contributed by atoms with Crippen molar-refractivity contribution in [1.29, 1.82) is 0 Å². The van der Waals surface area contributed by atoms with Crippen molar-refractivity contribution in [2.45, 2.75) is 38.1 Å². The molecule has 1 saturated carbocycles. The molecule has 114 valence electrons. The van der Waals surface area contributed by atoms with Gasteiger partial charge in [-0.2, -0.15) is 0 Å². The molecule has 0 aromatic carbocycles. The maximum Gasteiger partial charge on any atom is 0.227 e. The zero-order valence-electron chi connectivity index (χ0n) is 11.8. The Bertz CT molecular complexity index is 426. The predicted molar refractivity (Wildman–Crippen MR) is 85.5 cm³/mol. The van der Waals surface area contributed by atoms with Crippen LogP contribution in [0.25, 0.3) is 0 Å². The van der Waals surface area contributed by atoms with Gasteiger partial charge in [0.15, 0.2) is 0 Å². The van der Waals surface area contributed by atoms with E-state index in [0.717, 1.165) is 18.4 Å². The maximum absolute atomic E-state index is 12.3. The lowest BCUT2D eigenvalue weighted by Gasteiger charge is -2.31. The van der Waals surface area contributed by atoms with Crippen LogP contribution in [-0.2, 0) is 4.79 Å². The second-order valence-electron chi connectivity index (χ2n) is 5.39. The molecule has 1 aromatic rings. The van der Waals surface area contributed by atoms with Gasteiger partial charge in [-0.1, -0.05) is 6.07 Å². The van der Waals surface area contributed by atoms with Crippen LogP contribution in [-0.4, -0.2) is 23.0 Å². The van der Waals surface area contributed by atoms with Gasteiger partial charge in [-0.05, 0) is 44.2 Å². The third kappa shape index (κ3) is 4.33. The SMILES string of the molecule is CC(C(=O)NC(C)(CN)C1CC1)c1cccnc1.Cl.Cl. The zero-order chi connectivity index (χ0) is 13.2. The lowest BCUT2D eigenvalue weighted by molar-refractivity contribution is -0.124. The van der Waals surface area contributed by atoms with Gasteiger partial charge >= 0.3 is 0 Å². The van der Waals surface area contributed by atoms with E-state index in [2.05, 4.69) is 10.3 Å². The fourth-order valence-electron chi connectivity index (χ4n) is 2.21. The van der Waals surface area contributed by atoms with Crippen LogP contribution in [0.3, 0.4) is 0 Å². The standard InChI is InChI=1S/C14H21N3O.2ClH/c1-10(11-4-3-7-16-8-11)13(18)17-14(2,9-15)12-5-6-12;;/h3-4,7-8,10,12H,5-6,9,15H2,1-2H3,(H,17,18);2*1H. The van der Waals surface area contributed by atoms with Gasteiger partial charge in [0, 0.05) is 18.9 Å². The molecule has 0 aliphatic heterocycles. The number of amides is 1. The fraction of sp³-hybridized carbons (Fsp3) is 0.571. The van der Waals surface area contributed by atoms with E-state index in [1.807, 2.05) is 26.0 Å². The Labute approximate surface area is 132 Å². The summed E-state index contributed by atoms with van der Waals surface area (Å²) in [6, 6.07) is 3.77. The van der Waals surface area contributed by atoms with Crippen molar-refractivity contribution in [3.05, 3.63) is 30.1 Å². The number of hydrogen-bond acceptors (Lipinski definition) is 3. The fourth-order valence-corrected chi connectivity index (χ4v) is 2.21. The number of hydrogen-bond donors (Lipinski definition) is 2. The molecule has 3 N–H and O–H groups in total. The van der Waals surface area contributed by atoms with Crippen LogP contribution < -0.4 is 11.1 Å². The molecule has 2 unspecified atom stereocenters. The summed E-state index contributed by atoms with van der Waals surface area (Å²) in [5.74, 6) is 0.374. The minimum absolute atomic E-state index is 0. The summed E-state index contributed by atoms with van der Waals surface area (Å²) in [4.78, 5) is 16.3. The molecule has 2 atom stereocenters. The van der Waals surface area contributed by atoms with Gasteiger partial charge < -0.3 is 11.1 Å². The lowest BCUT2D eigenvalue weighted by atomic mass is 9.93. The highest BCUT2D eigenvalue weighted by Crippen LogP contribution is 2.39. The number of aromatic nitrogens is 1. The molecule has 0 saturated heterocycles. The third-order valence-corrected chi connectivity index (χ3v) is 3.89. The van der Waals surface area contributed by atoms with E-state index in [1.165, 1.54) is 0 Å². The van der Waals surface area contributed by atoms with Crippen LogP contribution in [0.1, 0.15) is 38.2 Å². The Kier molecular flexibility index (Phi) is 7.49. The first-order valence-corrected chi connectivity index (χ1v) is 6.49. The molecule has 1 aliphatic carbocycles. The van der Waals surface area contributed by atoms with E-state index in [1.54, 1.807) is 12.4 Å². The highest BCUT2D eigenvalue weighted by Gasteiger charge is 2.42. The number of carbonyl (C=O) groups excluding carboxylic acids is 1. The summed E-state index contributed by atoms with van der Waals surface area (Å²) in [6.07, 6.45) is 5.77. The Morgan fingerprint density at radius 1 is 1.55 bits per heavy atom. The monoisotopic (exact) mass is 319 g/mol. The summed E-state index contributed by atoms with van der Waals surface area (Å²) in [7, 11) is 0. The van der Waals surface area contributed by atoms with E-state index < -0.39 is 0 Å². The van der Waals surface area contributed by atoms with E-state index in [4.69, 9.17) is 5.73 Å². The second-order valence-corrected chi connectivity index (χ2v) is 5.39. The van der Waals surface area contributed by atoms with Gasteiger partial charge in [0.2, 0.25) is 5.91 Å². The first-order valence-electron chi connectivity index (χ1n) is 6.49. The first kappa shape index (κ1) is 19.2. The number of halogens is 2. The molecular formula is C14H23Cl2N3O. The number of rotatable bonds is 5. The third-order valence-electron chi connectivity index (χ3n) is 3.89. The van der Waals surface area contributed by atoms with Crippen molar-refractivity contribution >= 4 is 30.7 Å².